The molecule has 0 saturated carbocycles. The number of rotatable bonds is 0. The molecule has 23 heavy (non-hydrogen) atoms. The summed E-state index contributed by atoms with van der Waals surface area (Å²) in [7, 11) is -2.42. The van der Waals surface area contributed by atoms with Gasteiger partial charge in [0.05, 0.1) is 5.69 Å². The normalized spacial score (nSPS) is 18.0. The Balaban J connectivity index is 2.06. The summed E-state index contributed by atoms with van der Waals surface area (Å²) in [5, 5.41) is 0. The molecule has 0 N–H and O–H groups in total. The fourth-order valence-corrected chi connectivity index (χ4v) is 4.22. The maximum absolute atomic E-state index is 12.9. The zero-order valence-corrected chi connectivity index (χ0v) is 13.1. The number of nitrogens with zero attached hydrogens (tertiary/aromatic N) is 1. The van der Waals surface area contributed by atoms with Gasteiger partial charge >= 0.3 is 0 Å². The van der Waals surface area contributed by atoms with Crippen molar-refractivity contribution in [1.82, 2.24) is 0 Å². The van der Waals surface area contributed by atoms with E-state index in [0.717, 1.165) is 4.31 Å². The van der Waals surface area contributed by atoms with Crippen LogP contribution in [0.5, 0.6) is 11.5 Å². The van der Waals surface area contributed by atoms with Crippen LogP contribution in [0.3, 0.4) is 0 Å². The van der Waals surface area contributed by atoms with Crippen LogP contribution in [0.4, 0.5) is 5.69 Å². The second kappa shape index (κ2) is 4.73. The number of hydrogen-bond donors (Lipinski definition) is 0. The standard InChI is InChI=1S/C16H13NO5S/c1-17-12-5-3-2-4-10(12)16(18)11-8-13-14(22-7-6-21-13)9-15(11)23(17,19)20/h2-5,8-9H,6-7H2,1H3. The van der Waals surface area contributed by atoms with Crippen molar-refractivity contribution in [3.63, 3.8) is 0 Å². The Morgan fingerprint density at radius 3 is 2.39 bits per heavy atom. The molecule has 0 bridgehead atoms. The van der Waals surface area contributed by atoms with E-state index in [1.165, 1.54) is 19.2 Å². The first-order valence-electron chi connectivity index (χ1n) is 7.06. The lowest BCUT2D eigenvalue weighted by Gasteiger charge is -2.21. The Labute approximate surface area is 133 Å². The first-order valence-corrected chi connectivity index (χ1v) is 8.50. The van der Waals surface area contributed by atoms with Crippen molar-refractivity contribution in [2.24, 2.45) is 0 Å². The monoisotopic (exact) mass is 331 g/mol. The quantitative estimate of drug-likeness (QED) is 0.736. The van der Waals surface area contributed by atoms with Gasteiger partial charge in [0.25, 0.3) is 10.0 Å². The molecule has 7 heteroatoms. The predicted molar refractivity (Wildman–Crippen MR) is 82.9 cm³/mol. The number of carbonyl (C=O) groups excluding carboxylic acids is 1. The summed E-state index contributed by atoms with van der Waals surface area (Å²) in [6, 6.07) is 9.48. The fraction of sp³-hybridized carbons (Fsp3) is 0.188. The number of para-hydroxylation sites is 1. The highest BCUT2D eigenvalue weighted by Gasteiger charge is 2.35. The molecule has 0 atom stereocenters. The van der Waals surface area contributed by atoms with Crippen LogP contribution in [0.15, 0.2) is 41.3 Å². The van der Waals surface area contributed by atoms with E-state index in [1.54, 1.807) is 24.3 Å². The number of hydrogen-bond acceptors (Lipinski definition) is 5. The average molecular weight is 331 g/mol. The van der Waals surface area contributed by atoms with E-state index in [1.807, 2.05) is 0 Å². The van der Waals surface area contributed by atoms with Crippen molar-refractivity contribution in [3.8, 4) is 11.5 Å². The lowest BCUT2D eigenvalue weighted by molar-refractivity contribution is 0.103. The van der Waals surface area contributed by atoms with E-state index in [2.05, 4.69) is 0 Å². The second-order valence-electron chi connectivity index (χ2n) is 5.31. The van der Waals surface area contributed by atoms with Crippen LogP contribution in [0.1, 0.15) is 15.9 Å². The molecule has 0 aliphatic carbocycles. The Bertz CT molecular complexity index is 935. The Morgan fingerprint density at radius 2 is 1.65 bits per heavy atom. The molecule has 0 amide bonds. The molecule has 0 aromatic heterocycles. The first kappa shape index (κ1) is 14.1. The summed E-state index contributed by atoms with van der Waals surface area (Å²) in [6.07, 6.45) is 0. The molecule has 2 aromatic rings. The van der Waals surface area contributed by atoms with E-state index in [0.29, 0.717) is 36.0 Å². The summed E-state index contributed by atoms with van der Waals surface area (Å²) in [5.41, 5.74) is 0.800. The average Bonchev–Trinajstić information content (AvgIpc) is 2.63. The van der Waals surface area contributed by atoms with Crippen molar-refractivity contribution in [3.05, 3.63) is 47.5 Å². The van der Waals surface area contributed by atoms with Gasteiger partial charge in [-0.2, -0.15) is 0 Å². The number of ketones is 1. The molecule has 0 fully saturated rings. The maximum atomic E-state index is 12.9. The van der Waals surface area contributed by atoms with Crippen LogP contribution in [-0.4, -0.2) is 34.5 Å². The molecule has 0 radical (unpaired) electrons. The van der Waals surface area contributed by atoms with Gasteiger partial charge < -0.3 is 9.47 Å². The molecule has 0 unspecified atom stereocenters. The first-order chi connectivity index (χ1) is 11.0. The van der Waals surface area contributed by atoms with Crippen LogP contribution in [0.2, 0.25) is 0 Å². The number of ether oxygens (including phenoxy) is 2. The van der Waals surface area contributed by atoms with Crippen LogP contribution in [-0.2, 0) is 10.0 Å². The number of anilines is 1. The lowest BCUT2D eigenvalue weighted by Crippen LogP contribution is -2.26. The highest BCUT2D eigenvalue weighted by Crippen LogP contribution is 2.40. The van der Waals surface area contributed by atoms with E-state index in [4.69, 9.17) is 9.47 Å². The number of fused-ring (bicyclic) bond motifs is 3. The van der Waals surface area contributed by atoms with Crippen LogP contribution in [0, 0.1) is 0 Å². The van der Waals surface area contributed by atoms with Crippen LogP contribution in [0.25, 0.3) is 0 Å². The molecule has 0 spiro atoms. The minimum Gasteiger partial charge on any atom is -0.486 e. The molecule has 2 aliphatic heterocycles. The van der Waals surface area contributed by atoms with E-state index in [-0.39, 0.29) is 16.2 Å². The summed E-state index contributed by atoms with van der Waals surface area (Å²) < 4.78 is 37.8. The molecule has 118 valence electrons. The SMILES string of the molecule is CN1c2ccccc2C(=O)c2cc3c(cc2S1(=O)=O)OCCO3. The van der Waals surface area contributed by atoms with E-state index in [9.17, 15) is 13.2 Å². The Morgan fingerprint density at radius 1 is 1.00 bits per heavy atom. The number of benzene rings is 2. The Hall–Kier alpha value is -2.54. The van der Waals surface area contributed by atoms with Crippen molar-refractivity contribution in [2.45, 2.75) is 4.90 Å². The molecule has 2 aromatic carbocycles. The van der Waals surface area contributed by atoms with Gasteiger partial charge in [-0.3, -0.25) is 9.10 Å². The summed E-state index contributed by atoms with van der Waals surface area (Å²) in [4.78, 5) is 12.8. The molecular weight excluding hydrogens is 318 g/mol. The zero-order valence-electron chi connectivity index (χ0n) is 12.3. The van der Waals surface area contributed by atoms with Gasteiger partial charge in [0.2, 0.25) is 0 Å². The molecule has 0 saturated heterocycles. The third kappa shape index (κ3) is 1.93. The Kier molecular flexibility index (Phi) is 2.89. The highest BCUT2D eigenvalue weighted by molar-refractivity contribution is 7.93. The van der Waals surface area contributed by atoms with Gasteiger partial charge in [-0.1, -0.05) is 12.1 Å². The van der Waals surface area contributed by atoms with Crippen LogP contribution >= 0.6 is 0 Å². The zero-order chi connectivity index (χ0) is 16.2. The molecule has 2 heterocycles. The second-order valence-corrected chi connectivity index (χ2v) is 7.25. The minimum atomic E-state index is -3.86. The topological polar surface area (TPSA) is 72.9 Å². The van der Waals surface area contributed by atoms with Crippen LogP contribution < -0.4 is 13.8 Å². The van der Waals surface area contributed by atoms with Gasteiger partial charge in [0.1, 0.15) is 18.1 Å². The van der Waals surface area contributed by atoms with Crippen molar-refractivity contribution in [1.29, 1.82) is 0 Å². The maximum Gasteiger partial charge on any atom is 0.264 e. The highest BCUT2D eigenvalue weighted by atomic mass is 32.2. The third-order valence-electron chi connectivity index (χ3n) is 4.02. The third-order valence-corrected chi connectivity index (χ3v) is 5.83. The van der Waals surface area contributed by atoms with Crippen molar-refractivity contribution in [2.75, 3.05) is 24.6 Å². The van der Waals surface area contributed by atoms with Gasteiger partial charge in [0, 0.05) is 24.2 Å². The summed E-state index contributed by atoms with van der Waals surface area (Å²) in [6.45, 7) is 0.707. The van der Waals surface area contributed by atoms with Gasteiger partial charge in [-0.15, -0.1) is 0 Å². The van der Waals surface area contributed by atoms with Gasteiger partial charge in [-0.25, -0.2) is 8.42 Å². The summed E-state index contributed by atoms with van der Waals surface area (Å²) in [5.74, 6) is 0.381. The van der Waals surface area contributed by atoms with E-state index >= 15 is 0 Å². The lowest BCUT2D eigenvalue weighted by atomic mass is 10.0. The van der Waals surface area contributed by atoms with E-state index < -0.39 is 10.0 Å². The number of sulfonamides is 1. The smallest absolute Gasteiger partial charge is 0.264 e. The van der Waals surface area contributed by atoms with Gasteiger partial charge in [-0.05, 0) is 18.2 Å². The molecule has 4 rings (SSSR count). The van der Waals surface area contributed by atoms with Crippen molar-refractivity contribution < 1.29 is 22.7 Å². The fourth-order valence-electron chi connectivity index (χ4n) is 2.82. The summed E-state index contributed by atoms with van der Waals surface area (Å²) >= 11 is 0. The van der Waals surface area contributed by atoms with Gasteiger partial charge in [0.15, 0.2) is 17.3 Å². The largest absolute Gasteiger partial charge is 0.486 e. The molecular formula is C16H13NO5S. The minimum absolute atomic E-state index is 0.0644. The number of carbonyl (C=O) groups is 1. The van der Waals surface area contributed by atoms with Crippen molar-refractivity contribution >= 4 is 21.5 Å². The predicted octanol–water partition coefficient (Wildman–Crippen LogP) is 1.83. The molecule has 6 nitrogen and oxygen atoms in total. The molecule has 2 aliphatic rings.